The van der Waals surface area contributed by atoms with Crippen molar-refractivity contribution in [1.29, 1.82) is 0 Å². The number of ether oxygens (including phenoxy) is 2. The monoisotopic (exact) mass is 186 g/mol. The molecule has 0 aromatic carbocycles. The molecule has 0 N–H and O–H groups in total. The molecule has 0 bridgehead atoms. The van der Waals surface area contributed by atoms with Gasteiger partial charge < -0.3 is 9.47 Å². The van der Waals surface area contributed by atoms with Gasteiger partial charge in [-0.25, -0.2) is 0 Å². The average Bonchev–Trinajstić information content (AvgIpc) is 2.05. The number of hydrogen-bond acceptors (Lipinski definition) is 3. The Bertz CT molecular complexity index is 173. The van der Waals surface area contributed by atoms with Crippen molar-refractivity contribution in [3.63, 3.8) is 0 Å². The Kier molecular flexibility index (Phi) is 7.30. The van der Waals surface area contributed by atoms with Crippen LogP contribution in [-0.4, -0.2) is 25.8 Å². The first-order chi connectivity index (χ1) is 6.20. The predicted molar refractivity (Wildman–Crippen MR) is 51.5 cm³/mol. The number of hydrogen-bond donors (Lipinski definition) is 0. The summed E-state index contributed by atoms with van der Waals surface area (Å²) in [5.74, 6) is -0.173. The topological polar surface area (TPSA) is 35.5 Å². The molecule has 0 aromatic heterocycles. The summed E-state index contributed by atoms with van der Waals surface area (Å²) in [6, 6.07) is 0. The Hall–Kier alpha value is -0.830. The molecule has 0 aliphatic carbocycles. The summed E-state index contributed by atoms with van der Waals surface area (Å²) in [4.78, 5) is 11.0. The van der Waals surface area contributed by atoms with E-state index in [4.69, 9.17) is 9.47 Å². The third-order valence-electron chi connectivity index (χ3n) is 1.48. The van der Waals surface area contributed by atoms with Gasteiger partial charge in [0.25, 0.3) is 0 Å². The van der Waals surface area contributed by atoms with Crippen LogP contribution in [0.3, 0.4) is 0 Å². The summed E-state index contributed by atoms with van der Waals surface area (Å²) in [6.07, 6.45) is 2.27. The molecular formula is C10H18O3. The largest absolute Gasteiger partial charge is 0.466 e. The average molecular weight is 186 g/mol. The number of carbonyl (C=O) groups is 1. The van der Waals surface area contributed by atoms with E-state index in [1.807, 2.05) is 19.9 Å². The summed E-state index contributed by atoms with van der Waals surface area (Å²) >= 11 is 0. The van der Waals surface area contributed by atoms with Crippen LogP contribution in [0.5, 0.6) is 0 Å². The second-order valence-corrected chi connectivity index (χ2v) is 2.69. The second-order valence-electron chi connectivity index (χ2n) is 2.69. The lowest BCUT2D eigenvalue weighted by Gasteiger charge is -2.01. The first kappa shape index (κ1) is 12.2. The minimum absolute atomic E-state index is 0.173. The molecule has 0 saturated carbocycles. The van der Waals surface area contributed by atoms with E-state index in [1.165, 1.54) is 0 Å². The highest BCUT2D eigenvalue weighted by molar-refractivity contribution is 5.72. The molecule has 0 radical (unpaired) electrons. The van der Waals surface area contributed by atoms with Crippen LogP contribution in [0.15, 0.2) is 11.6 Å². The zero-order chi connectivity index (χ0) is 10.1. The first-order valence-corrected chi connectivity index (χ1v) is 4.59. The third-order valence-corrected chi connectivity index (χ3v) is 1.48. The van der Waals surface area contributed by atoms with Crippen molar-refractivity contribution in [2.24, 2.45) is 0 Å². The Morgan fingerprint density at radius 1 is 1.31 bits per heavy atom. The van der Waals surface area contributed by atoms with Crippen LogP contribution >= 0.6 is 0 Å². The zero-order valence-corrected chi connectivity index (χ0v) is 8.63. The predicted octanol–water partition coefficient (Wildman–Crippen LogP) is 1.92. The maximum atomic E-state index is 11.0. The van der Waals surface area contributed by atoms with Gasteiger partial charge in [-0.1, -0.05) is 11.6 Å². The lowest BCUT2D eigenvalue weighted by molar-refractivity contribution is -0.142. The smallest absolute Gasteiger partial charge is 0.309 e. The molecule has 0 fully saturated rings. The van der Waals surface area contributed by atoms with E-state index in [0.717, 1.165) is 5.57 Å². The van der Waals surface area contributed by atoms with Gasteiger partial charge in [0.2, 0.25) is 0 Å². The molecule has 76 valence electrons. The summed E-state index contributed by atoms with van der Waals surface area (Å²) in [5, 5.41) is 0. The van der Waals surface area contributed by atoms with Gasteiger partial charge in [0.15, 0.2) is 0 Å². The molecule has 0 spiro atoms. The Labute approximate surface area is 79.7 Å². The summed E-state index contributed by atoms with van der Waals surface area (Å²) < 4.78 is 9.92. The molecule has 0 amide bonds. The lowest BCUT2D eigenvalue weighted by atomic mass is 10.2. The van der Waals surface area contributed by atoms with Crippen molar-refractivity contribution in [3.05, 3.63) is 11.6 Å². The molecular weight excluding hydrogens is 168 g/mol. The third kappa shape index (κ3) is 7.53. The van der Waals surface area contributed by atoms with Crippen LogP contribution in [0, 0.1) is 0 Å². The van der Waals surface area contributed by atoms with E-state index < -0.39 is 0 Å². The number of esters is 1. The van der Waals surface area contributed by atoms with Crippen molar-refractivity contribution >= 4 is 5.97 Å². The molecule has 0 heterocycles. The van der Waals surface area contributed by atoms with Gasteiger partial charge in [0, 0.05) is 6.61 Å². The molecule has 0 rings (SSSR count). The highest BCUT2D eigenvalue weighted by Crippen LogP contribution is 2.01. The van der Waals surface area contributed by atoms with Crippen molar-refractivity contribution < 1.29 is 14.3 Å². The van der Waals surface area contributed by atoms with E-state index in [2.05, 4.69) is 0 Å². The Balaban J connectivity index is 3.64. The van der Waals surface area contributed by atoms with Crippen LogP contribution in [0.25, 0.3) is 0 Å². The molecule has 3 heteroatoms. The van der Waals surface area contributed by atoms with Crippen LogP contribution in [0.2, 0.25) is 0 Å². The van der Waals surface area contributed by atoms with Crippen molar-refractivity contribution in [2.75, 3.05) is 19.8 Å². The van der Waals surface area contributed by atoms with Gasteiger partial charge >= 0.3 is 5.97 Å². The van der Waals surface area contributed by atoms with Gasteiger partial charge in [-0.15, -0.1) is 0 Å². The summed E-state index contributed by atoms with van der Waals surface area (Å²) in [5.41, 5.74) is 0.993. The standard InChI is InChI=1S/C10H18O3/c1-4-12-7-6-9(3)8-10(11)13-5-2/h6H,4-5,7-8H2,1-3H3/b9-6+. The van der Waals surface area contributed by atoms with E-state index in [9.17, 15) is 4.79 Å². The summed E-state index contributed by atoms with van der Waals surface area (Å²) in [7, 11) is 0. The highest BCUT2D eigenvalue weighted by Gasteiger charge is 2.01. The fourth-order valence-corrected chi connectivity index (χ4v) is 0.831. The highest BCUT2D eigenvalue weighted by atomic mass is 16.5. The number of carbonyl (C=O) groups excluding carboxylic acids is 1. The van der Waals surface area contributed by atoms with Gasteiger partial charge in [0.1, 0.15) is 0 Å². The minimum atomic E-state index is -0.173. The van der Waals surface area contributed by atoms with E-state index in [1.54, 1.807) is 6.92 Å². The maximum Gasteiger partial charge on any atom is 0.309 e. The Morgan fingerprint density at radius 2 is 2.00 bits per heavy atom. The SMILES string of the molecule is CCOC/C=C(\C)CC(=O)OCC. The van der Waals surface area contributed by atoms with Crippen LogP contribution in [0.4, 0.5) is 0 Å². The molecule has 0 aromatic rings. The fourth-order valence-electron chi connectivity index (χ4n) is 0.831. The van der Waals surface area contributed by atoms with E-state index in [0.29, 0.717) is 26.2 Å². The molecule has 13 heavy (non-hydrogen) atoms. The van der Waals surface area contributed by atoms with E-state index in [-0.39, 0.29) is 5.97 Å². The van der Waals surface area contributed by atoms with Crippen molar-refractivity contribution in [1.82, 2.24) is 0 Å². The van der Waals surface area contributed by atoms with Gasteiger partial charge in [0.05, 0.1) is 19.6 Å². The molecule has 0 atom stereocenters. The molecule has 0 saturated heterocycles. The fraction of sp³-hybridized carbons (Fsp3) is 0.700. The lowest BCUT2D eigenvalue weighted by Crippen LogP contribution is -2.04. The van der Waals surface area contributed by atoms with Gasteiger partial charge in [-0.05, 0) is 20.8 Å². The first-order valence-electron chi connectivity index (χ1n) is 4.59. The Morgan fingerprint density at radius 3 is 2.54 bits per heavy atom. The number of rotatable bonds is 6. The quantitative estimate of drug-likeness (QED) is 0.361. The molecule has 0 unspecified atom stereocenters. The molecule has 0 aliphatic heterocycles. The van der Waals surface area contributed by atoms with Crippen LogP contribution < -0.4 is 0 Å². The van der Waals surface area contributed by atoms with Crippen LogP contribution in [0.1, 0.15) is 27.2 Å². The maximum absolute atomic E-state index is 11.0. The second kappa shape index (κ2) is 7.80. The normalized spacial score (nSPS) is 11.5. The summed E-state index contributed by atoms with van der Waals surface area (Å²) in [6.45, 7) is 7.35. The van der Waals surface area contributed by atoms with E-state index >= 15 is 0 Å². The van der Waals surface area contributed by atoms with Crippen molar-refractivity contribution in [2.45, 2.75) is 27.2 Å². The molecule has 3 nitrogen and oxygen atoms in total. The van der Waals surface area contributed by atoms with Gasteiger partial charge in [-0.3, -0.25) is 4.79 Å². The zero-order valence-electron chi connectivity index (χ0n) is 8.63. The van der Waals surface area contributed by atoms with Gasteiger partial charge in [-0.2, -0.15) is 0 Å². The minimum Gasteiger partial charge on any atom is -0.466 e. The van der Waals surface area contributed by atoms with Crippen molar-refractivity contribution in [3.8, 4) is 0 Å². The molecule has 0 aliphatic rings. The van der Waals surface area contributed by atoms with Crippen LogP contribution in [-0.2, 0) is 14.3 Å².